The summed E-state index contributed by atoms with van der Waals surface area (Å²) < 4.78 is 28.3. The quantitative estimate of drug-likeness (QED) is 0.735. The number of nitrogens with one attached hydrogen (secondary N) is 1. The number of aromatic nitrogens is 1. The first kappa shape index (κ1) is 16.8. The number of aryl methyl sites for hydroxylation is 1. The Morgan fingerprint density at radius 3 is 2.65 bits per heavy atom. The molecule has 0 saturated heterocycles. The van der Waals surface area contributed by atoms with E-state index in [-0.39, 0.29) is 6.54 Å². The maximum absolute atomic E-state index is 12.5. The zero-order valence-electron chi connectivity index (χ0n) is 12.4. The van der Waals surface area contributed by atoms with Crippen molar-refractivity contribution < 1.29 is 8.42 Å². The van der Waals surface area contributed by atoms with Gasteiger partial charge >= 0.3 is 0 Å². The van der Waals surface area contributed by atoms with Gasteiger partial charge in [0.1, 0.15) is 4.90 Å². The van der Waals surface area contributed by atoms with Crippen LogP contribution in [0.1, 0.15) is 26.0 Å². The molecule has 0 atom stereocenters. The van der Waals surface area contributed by atoms with Crippen LogP contribution in [0.4, 0.5) is 0 Å². The molecule has 5 nitrogen and oxygen atoms in total. The van der Waals surface area contributed by atoms with Gasteiger partial charge in [0.2, 0.25) is 10.0 Å². The summed E-state index contributed by atoms with van der Waals surface area (Å²) in [4.78, 5) is 0.313. The molecule has 0 fully saturated rings. The molecule has 0 aliphatic carbocycles. The molecule has 0 spiro atoms. The van der Waals surface area contributed by atoms with Crippen LogP contribution >= 0.6 is 0 Å². The number of hydrogen-bond acceptors (Lipinski definition) is 3. The monoisotopic (exact) mass is 297 g/mol. The second-order valence-corrected chi connectivity index (χ2v) is 6.46. The van der Waals surface area contributed by atoms with E-state index >= 15 is 0 Å². The average molecular weight is 297 g/mol. The average Bonchev–Trinajstić information content (AvgIpc) is 2.81. The van der Waals surface area contributed by atoms with E-state index in [1.165, 1.54) is 4.31 Å². The molecule has 0 aliphatic rings. The molecule has 0 amide bonds. The second kappa shape index (κ2) is 7.48. The molecular weight excluding hydrogens is 274 g/mol. The highest BCUT2D eigenvalue weighted by molar-refractivity contribution is 7.89. The van der Waals surface area contributed by atoms with Crippen LogP contribution < -0.4 is 5.32 Å². The molecule has 0 aromatic carbocycles. The van der Waals surface area contributed by atoms with E-state index in [0.717, 1.165) is 18.7 Å². The van der Waals surface area contributed by atoms with Crippen molar-refractivity contribution in [3.63, 3.8) is 0 Å². The van der Waals surface area contributed by atoms with Crippen molar-refractivity contribution in [2.24, 2.45) is 0 Å². The summed E-state index contributed by atoms with van der Waals surface area (Å²) in [6.07, 6.45) is 7.89. The van der Waals surface area contributed by atoms with E-state index in [2.05, 4.69) is 18.2 Å². The number of rotatable bonds is 8. The fourth-order valence-electron chi connectivity index (χ4n) is 2.06. The van der Waals surface area contributed by atoms with Crippen LogP contribution in [0, 0.1) is 12.3 Å². The largest absolute Gasteiger partial charge is 0.349 e. The Morgan fingerprint density at radius 2 is 2.15 bits per heavy atom. The Balaban J connectivity index is 3.18. The van der Waals surface area contributed by atoms with Crippen molar-refractivity contribution in [1.82, 2.24) is 14.2 Å². The number of hydrogen-bond donors (Lipinski definition) is 1. The highest BCUT2D eigenvalue weighted by Crippen LogP contribution is 2.19. The maximum Gasteiger partial charge on any atom is 0.245 e. The first-order chi connectivity index (χ1) is 9.51. The molecule has 1 aromatic rings. The Morgan fingerprint density at radius 1 is 1.45 bits per heavy atom. The molecule has 0 radical (unpaired) electrons. The molecule has 1 aromatic heterocycles. The fourth-order valence-corrected chi connectivity index (χ4v) is 3.49. The highest BCUT2D eigenvalue weighted by atomic mass is 32.2. The van der Waals surface area contributed by atoms with Crippen LogP contribution in [0.5, 0.6) is 0 Å². The Hall–Kier alpha value is -1.29. The molecule has 1 N–H and O–H groups in total. The SMILES string of the molecule is C#CCN(CC)S(=O)(=O)c1cc(CNC)n(CCC)c1. The van der Waals surface area contributed by atoms with Crippen LogP contribution in [-0.2, 0) is 23.1 Å². The summed E-state index contributed by atoms with van der Waals surface area (Å²) in [5, 5.41) is 3.05. The number of sulfonamides is 1. The minimum atomic E-state index is -3.51. The first-order valence-electron chi connectivity index (χ1n) is 6.78. The third-order valence-corrected chi connectivity index (χ3v) is 4.93. The molecule has 0 aliphatic heterocycles. The molecule has 1 rings (SSSR count). The van der Waals surface area contributed by atoms with E-state index < -0.39 is 10.0 Å². The van der Waals surface area contributed by atoms with Crippen molar-refractivity contribution in [2.75, 3.05) is 20.1 Å². The van der Waals surface area contributed by atoms with Gasteiger partial charge in [0.05, 0.1) is 6.54 Å². The van der Waals surface area contributed by atoms with Gasteiger partial charge in [0.15, 0.2) is 0 Å². The number of terminal acetylenes is 1. The van der Waals surface area contributed by atoms with Gasteiger partial charge < -0.3 is 9.88 Å². The van der Waals surface area contributed by atoms with Gasteiger partial charge in [0, 0.05) is 31.5 Å². The predicted molar refractivity (Wildman–Crippen MR) is 80.8 cm³/mol. The van der Waals surface area contributed by atoms with Crippen LogP contribution in [0.25, 0.3) is 0 Å². The third kappa shape index (κ3) is 3.63. The van der Waals surface area contributed by atoms with E-state index in [0.29, 0.717) is 18.0 Å². The molecule has 6 heteroatoms. The Kier molecular flexibility index (Phi) is 6.27. The van der Waals surface area contributed by atoms with Crippen molar-refractivity contribution in [3.05, 3.63) is 18.0 Å². The summed E-state index contributed by atoms with van der Waals surface area (Å²) in [6.45, 7) is 5.75. The zero-order chi connectivity index (χ0) is 15.2. The summed E-state index contributed by atoms with van der Waals surface area (Å²) in [5.41, 5.74) is 0.963. The van der Waals surface area contributed by atoms with Crippen molar-refractivity contribution in [3.8, 4) is 12.3 Å². The van der Waals surface area contributed by atoms with Gasteiger partial charge in [-0.25, -0.2) is 8.42 Å². The lowest BCUT2D eigenvalue weighted by Crippen LogP contribution is -2.31. The van der Waals surface area contributed by atoms with Crippen molar-refractivity contribution >= 4 is 10.0 Å². The number of nitrogens with zero attached hydrogens (tertiary/aromatic N) is 2. The van der Waals surface area contributed by atoms with Crippen molar-refractivity contribution in [1.29, 1.82) is 0 Å². The lowest BCUT2D eigenvalue weighted by Gasteiger charge is -2.16. The third-order valence-electron chi connectivity index (χ3n) is 3.04. The minimum Gasteiger partial charge on any atom is -0.349 e. The lowest BCUT2D eigenvalue weighted by atomic mass is 10.4. The summed E-state index contributed by atoms with van der Waals surface area (Å²) in [6, 6.07) is 1.72. The molecule has 0 bridgehead atoms. The Labute approximate surface area is 122 Å². The molecule has 0 saturated carbocycles. The smallest absolute Gasteiger partial charge is 0.245 e. The van der Waals surface area contributed by atoms with Gasteiger partial charge in [-0.1, -0.05) is 19.8 Å². The summed E-state index contributed by atoms with van der Waals surface area (Å²) >= 11 is 0. The van der Waals surface area contributed by atoms with Gasteiger partial charge in [-0.05, 0) is 19.5 Å². The van der Waals surface area contributed by atoms with E-state index in [1.807, 2.05) is 11.6 Å². The second-order valence-electron chi connectivity index (χ2n) is 4.53. The molecular formula is C14H23N3O2S. The topological polar surface area (TPSA) is 54.3 Å². The standard InChI is InChI=1S/C14H23N3O2S/c1-5-8-16-12-14(10-13(16)11-15-4)20(18,19)17(7-3)9-6-2/h2,10,12,15H,5,7-9,11H2,1,3-4H3. The van der Waals surface area contributed by atoms with E-state index in [4.69, 9.17) is 6.42 Å². The van der Waals surface area contributed by atoms with Crippen LogP contribution in [0.2, 0.25) is 0 Å². The fraction of sp³-hybridized carbons (Fsp3) is 0.571. The van der Waals surface area contributed by atoms with Gasteiger partial charge in [-0.3, -0.25) is 0 Å². The normalized spacial score (nSPS) is 11.8. The summed E-state index contributed by atoms with van der Waals surface area (Å²) in [5.74, 6) is 2.39. The minimum absolute atomic E-state index is 0.0964. The van der Waals surface area contributed by atoms with Crippen molar-refractivity contribution in [2.45, 2.75) is 38.3 Å². The molecule has 1 heterocycles. The maximum atomic E-state index is 12.5. The Bertz CT molecular complexity index is 546. The zero-order valence-corrected chi connectivity index (χ0v) is 13.2. The van der Waals surface area contributed by atoms with Crippen LogP contribution in [0.15, 0.2) is 17.2 Å². The van der Waals surface area contributed by atoms with Crippen LogP contribution in [-0.4, -0.2) is 37.4 Å². The van der Waals surface area contributed by atoms with Crippen LogP contribution in [0.3, 0.4) is 0 Å². The van der Waals surface area contributed by atoms with Gasteiger partial charge in [-0.2, -0.15) is 4.31 Å². The molecule has 20 heavy (non-hydrogen) atoms. The molecule has 112 valence electrons. The van der Waals surface area contributed by atoms with Gasteiger partial charge in [-0.15, -0.1) is 6.42 Å². The molecule has 0 unspecified atom stereocenters. The van der Waals surface area contributed by atoms with E-state index in [9.17, 15) is 8.42 Å². The summed E-state index contributed by atoms with van der Waals surface area (Å²) in [7, 11) is -1.67. The lowest BCUT2D eigenvalue weighted by molar-refractivity contribution is 0.464. The van der Waals surface area contributed by atoms with Gasteiger partial charge in [0.25, 0.3) is 0 Å². The first-order valence-corrected chi connectivity index (χ1v) is 8.22. The highest BCUT2D eigenvalue weighted by Gasteiger charge is 2.24. The predicted octanol–water partition coefficient (Wildman–Crippen LogP) is 1.26. The van der Waals surface area contributed by atoms with E-state index in [1.54, 1.807) is 19.2 Å².